The number of nitrogens with one attached hydrogen (secondary N) is 2. The van der Waals surface area contributed by atoms with E-state index in [-0.39, 0.29) is 17.2 Å². The van der Waals surface area contributed by atoms with E-state index in [1.807, 2.05) is 0 Å². The summed E-state index contributed by atoms with van der Waals surface area (Å²) in [6, 6.07) is 4.94. The van der Waals surface area contributed by atoms with Crippen molar-refractivity contribution in [2.45, 2.75) is 27.1 Å². The highest BCUT2D eigenvalue weighted by atomic mass is 19.4. The predicted octanol–water partition coefficient (Wildman–Crippen LogP) is 3.99. The van der Waals surface area contributed by atoms with E-state index in [1.54, 1.807) is 13.8 Å². The van der Waals surface area contributed by atoms with E-state index in [2.05, 4.69) is 15.0 Å². The summed E-state index contributed by atoms with van der Waals surface area (Å²) in [7, 11) is 0. The van der Waals surface area contributed by atoms with E-state index in [0.717, 1.165) is 12.1 Å². The SMILES string of the molecule is CC(=O)c1c(C)[nH]c(C(=O)Nc2cccc(OC(F)(F)F)c2)c1C. The topological polar surface area (TPSA) is 71.2 Å². The summed E-state index contributed by atoms with van der Waals surface area (Å²) in [6.07, 6.45) is -4.81. The van der Waals surface area contributed by atoms with E-state index in [0.29, 0.717) is 16.8 Å². The number of aromatic amines is 1. The molecular formula is C16H15F3N2O3. The molecule has 0 bridgehead atoms. The Bertz CT molecular complexity index is 794. The highest BCUT2D eigenvalue weighted by molar-refractivity contribution is 6.07. The van der Waals surface area contributed by atoms with Crippen molar-refractivity contribution in [3.8, 4) is 5.75 Å². The lowest BCUT2D eigenvalue weighted by molar-refractivity contribution is -0.274. The van der Waals surface area contributed by atoms with Gasteiger partial charge in [-0.25, -0.2) is 0 Å². The molecule has 0 unspecified atom stereocenters. The third-order valence-electron chi connectivity index (χ3n) is 3.34. The fraction of sp³-hybridized carbons (Fsp3) is 0.250. The van der Waals surface area contributed by atoms with Crippen LogP contribution in [0.1, 0.15) is 39.0 Å². The molecule has 0 radical (unpaired) electrons. The normalized spacial score (nSPS) is 11.2. The number of aromatic nitrogens is 1. The molecule has 2 N–H and O–H groups in total. The quantitative estimate of drug-likeness (QED) is 0.827. The largest absolute Gasteiger partial charge is 0.573 e. The Balaban J connectivity index is 2.23. The van der Waals surface area contributed by atoms with Gasteiger partial charge in [0, 0.05) is 23.0 Å². The Morgan fingerprint density at radius 2 is 1.88 bits per heavy atom. The number of anilines is 1. The van der Waals surface area contributed by atoms with Crippen molar-refractivity contribution in [3.05, 3.63) is 46.8 Å². The third kappa shape index (κ3) is 3.95. The van der Waals surface area contributed by atoms with E-state index in [9.17, 15) is 22.8 Å². The van der Waals surface area contributed by atoms with Crippen molar-refractivity contribution >= 4 is 17.4 Å². The molecule has 1 aromatic carbocycles. The Hall–Kier alpha value is -2.77. The number of benzene rings is 1. The Morgan fingerprint density at radius 3 is 2.42 bits per heavy atom. The summed E-state index contributed by atoms with van der Waals surface area (Å²) in [5.74, 6) is -1.18. The molecule has 0 saturated carbocycles. The average molecular weight is 340 g/mol. The number of Topliss-reactive ketones (excluding diaryl/α,β-unsaturated/α-hetero) is 1. The molecule has 128 valence electrons. The van der Waals surface area contributed by atoms with Crippen molar-refractivity contribution in [1.29, 1.82) is 0 Å². The van der Waals surface area contributed by atoms with Crippen LogP contribution in [0.4, 0.5) is 18.9 Å². The summed E-state index contributed by atoms with van der Waals surface area (Å²) in [5, 5.41) is 2.48. The zero-order valence-corrected chi connectivity index (χ0v) is 13.2. The second kappa shape index (κ2) is 6.38. The molecule has 8 heteroatoms. The van der Waals surface area contributed by atoms with Crippen molar-refractivity contribution in [3.63, 3.8) is 0 Å². The van der Waals surface area contributed by atoms with Crippen molar-refractivity contribution in [2.24, 2.45) is 0 Å². The summed E-state index contributed by atoms with van der Waals surface area (Å²) < 4.78 is 40.5. The molecular weight excluding hydrogens is 325 g/mol. The number of ether oxygens (including phenoxy) is 1. The number of aryl methyl sites for hydroxylation is 1. The first-order valence-electron chi connectivity index (χ1n) is 6.95. The van der Waals surface area contributed by atoms with Gasteiger partial charge in [0.25, 0.3) is 5.91 Å². The number of carbonyl (C=O) groups is 2. The minimum absolute atomic E-state index is 0.137. The zero-order chi connectivity index (χ0) is 18.1. The molecule has 0 atom stereocenters. The maximum atomic E-state index is 12.3. The van der Waals surface area contributed by atoms with Crippen LogP contribution in [0, 0.1) is 13.8 Å². The van der Waals surface area contributed by atoms with Crippen LogP contribution in [0.25, 0.3) is 0 Å². The maximum Gasteiger partial charge on any atom is 0.573 e. The molecule has 0 aliphatic rings. The molecule has 0 spiro atoms. The van der Waals surface area contributed by atoms with Crippen molar-refractivity contribution < 1.29 is 27.5 Å². The monoisotopic (exact) mass is 340 g/mol. The predicted molar refractivity (Wildman–Crippen MR) is 81.3 cm³/mol. The van der Waals surface area contributed by atoms with Crippen molar-refractivity contribution in [1.82, 2.24) is 4.98 Å². The van der Waals surface area contributed by atoms with Crippen LogP contribution >= 0.6 is 0 Å². The van der Waals surface area contributed by atoms with Crippen LogP contribution in [-0.4, -0.2) is 23.0 Å². The molecule has 0 aliphatic heterocycles. The standard InChI is InChI=1S/C16H15F3N2O3/c1-8-13(10(3)22)9(2)20-14(8)15(23)21-11-5-4-6-12(7-11)24-16(17,18)19/h4-7,20H,1-3H3,(H,21,23). The first-order valence-corrected chi connectivity index (χ1v) is 6.95. The molecule has 2 aromatic rings. The highest BCUT2D eigenvalue weighted by Crippen LogP contribution is 2.26. The molecule has 0 fully saturated rings. The number of hydrogen-bond donors (Lipinski definition) is 2. The van der Waals surface area contributed by atoms with Crippen LogP contribution in [0.2, 0.25) is 0 Å². The van der Waals surface area contributed by atoms with E-state index in [1.165, 1.54) is 19.1 Å². The van der Waals surface area contributed by atoms with Gasteiger partial charge in [0.15, 0.2) is 5.78 Å². The van der Waals surface area contributed by atoms with Gasteiger partial charge in [0.2, 0.25) is 0 Å². The summed E-state index contributed by atoms with van der Waals surface area (Å²) in [5.41, 5.74) is 1.78. The molecule has 1 amide bonds. The molecule has 24 heavy (non-hydrogen) atoms. The second-order valence-electron chi connectivity index (χ2n) is 5.21. The zero-order valence-electron chi connectivity index (χ0n) is 13.2. The highest BCUT2D eigenvalue weighted by Gasteiger charge is 2.31. The number of alkyl halides is 3. The summed E-state index contributed by atoms with van der Waals surface area (Å²) in [4.78, 5) is 26.7. The van der Waals surface area contributed by atoms with Gasteiger partial charge in [-0.05, 0) is 38.5 Å². The molecule has 0 saturated heterocycles. The van der Waals surface area contributed by atoms with Gasteiger partial charge < -0.3 is 15.0 Å². The van der Waals surface area contributed by atoms with Crippen LogP contribution in [-0.2, 0) is 0 Å². The van der Waals surface area contributed by atoms with Gasteiger partial charge >= 0.3 is 6.36 Å². The van der Waals surface area contributed by atoms with E-state index >= 15 is 0 Å². The van der Waals surface area contributed by atoms with E-state index < -0.39 is 18.0 Å². The van der Waals surface area contributed by atoms with Crippen LogP contribution < -0.4 is 10.1 Å². The smallest absolute Gasteiger partial charge is 0.406 e. The molecule has 1 aromatic heterocycles. The minimum atomic E-state index is -4.81. The first-order chi connectivity index (χ1) is 11.1. The summed E-state index contributed by atoms with van der Waals surface area (Å²) in [6.45, 7) is 4.68. The van der Waals surface area contributed by atoms with Crippen LogP contribution in [0.15, 0.2) is 24.3 Å². The van der Waals surface area contributed by atoms with E-state index in [4.69, 9.17) is 0 Å². The molecule has 1 heterocycles. The Morgan fingerprint density at radius 1 is 1.21 bits per heavy atom. The lowest BCUT2D eigenvalue weighted by atomic mass is 10.1. The average Bonchev–Trinajstić information content (AvgIpc) is 2.72. The van der Waals surface area contributed by atoms with Gasteiger partial charge in [-0.15, -0.1) is 13.2 Å². The van der Waals surface area contributed by atoms with Gasteiger partial charge in [-0.2, -0.15) is 0 Å². The maximum absolute atomic E-state index is 12.3. The number of rotatable bonds is 4. The van der Waals surface area contributed by atoms with Gasteiger partial charge in [0.05, 0.1) is 0 Å². The number of carbonyl (C=O) groups excluding carboxylic acids is 2. The van der Waals surface area contributed by atoms with Gasteiger partial charge in [-0.1, -0.05) is 6.07 Å². The number of hydrogen-bond acceptors (Lipinski definition) is 3. The number of H-pyrrole nitrogens is 1. The molecule has 0 aliphatic carbocycles. The number of ketones is 1. The molecule has 2 rings (SSSR count). The summed E-state index contributed by atoms with van der Waals surface area (Å²) >= 11 is 0. The lowest BCUT2D eigenvalue weighted by Gasteiger charge is -2.10. The van der Waals surface area contributed by atoms with Crippen molar-refractivity contribution in [2.75, 3.05) is 5.32 Å². The lowest BCUT2D eigenvalue weighted by Crippen LogP contribution is -2.17. The minimum Gasteiger partial charge on any atom is -0.406 e. The van der Waals surface area contributed by atoms with Crippen LogP contribution in [0.5, 0.6) is 5.75 Å². The fourth-order valence-corrected chi connectivity index (χ4v) is 2.47. The van der Waals surface area contributed by atoms with Gasteiger partial charge in [-0.3, -0.25) is 9.59 Å². The number of halogens is 3. The van der Waals surface area contributed by atoms with Crippen LogP contribution in [0.3, 0.4) is 0 Å². The Kier molecular flexibility index (Phi) is 4.68. The molecule has 5 nitrogen and oxygen atoms in total. The second-order valence-corrected chi connectivity index (χ2v) is 5.21. The third-order valence-corrected chi connectivity index (χ3v) is 3.34. The first kappa shape index (κ1) is 17.6. The fourth-order valence-electron chi connectivity index (χ4n) is 2.47. The van der Waals surface area contributed by atoms with Gasteiger partial charge in [0.1, 0.15) is 11.4 Å². The number of amides is 1. The Labute approximate surface area is 135 Å².